The topological polar surface area (TPSA) is 50.7 Å². The smallest absolute Gasteiger partial charge is 0.273 e. The van der Waals surface area contributed by atoms with Gasteiger partial charge in [-0.3, -0.25) is 4.79 Å². The van der Waals surface area contributed by atoms with Gasteiger partial charge in [0, 0.05) is 11.1 Å². The number of hydrogen-bond acceptors (Lipinski definition) is 3. The van der Waals surface area contributed by atoms with Gasteiger partial charge in [0.2, 0.25) is 6.23 Å². The van der Waals surface area contributed by atoms with Crippen molar-refractivity contribution in [3.05, 3.63) is 71.8 Å². The first-order chi connectivity index (χ1) is 9.84. The van der Waals surface area contributed by atoms with E-state index in [0.717, 1.165) is 16.8 Å². The van der Waals surface area contributed by atoms with Gasteiger partial charge in [-0.2, -0.15) is 0 Å². The number of carbonyl (C=O) groups excluding carboxylic acids is 1. The quantitative estimate of drug-likeness (QED) is 0.863. The molecule has 1 heterocycles. The van der Waals surface area contributed by atoms with E-state index >= 15 is 0 Å². The predicted molar refractivity (Wildman–Crippen MR) is 76.4 cm³/mol. The summed E-state index contributed by atoms with van der Waals surface area (Å²) in [4.78, 5) is 16.1. The number of rotatable bonds is 3. The Morgan fingerprint density at radius 1 is 1.00 bits per heavy atom. The molecule has 0 saturated carbocycles. The Kier molecular flexibility index (Phi) is 3.56. The first kappa shape index (κ1) is 12.6. The Bertz CT molecular complexity index is 582. The van der Waals surface area contributed by atoms with Gasteiger partial charge in [0.1, 0.15) is 6.73 Å². The minimum atomic E-state index is -0.773. The molecule has 0 aromatic heterocycles. The molecule has 20 heavy (non-hydrogen) atoms. The maximum absolute atomic E-state index is 11.6. The van der Waals surface area contributed by atoms with Crippen LogP contribution in [0.4, 0.5) is 0 Å². The zero-order valence-electron chi connectivity index (χ0n) is 10.8. The highest BCUT2D eigenvalue weighted by atomic mass is 16.5. The number of benzene rings is 2. The summed E-state index contributed by atoms with van der Waals surface area (Å²) in [6.07, 6.45) is -0.773. The first-order valence-electron chi connectivity index (χ1n) is 6.42. The van der Waals surface area contributed by atoms with Crippen LogP contribution >= 0.6 is 0 Å². The van der Waals surface area contributed by atoms with Crippen LogP contribution in [0.1, 0.15) is 11.1 Å². The van der Waals surface area contributed by atoms with Gasteiger partial charge in [0.15, 0.2) is 0 Å². The lowest BCUT2D eigenvalue weighted by Crippen LogP contribution is -2.23. The van der Waals surface area contributed by atoms with Crippen LogP contribution in [0.3, 0.4) is 0 Å². The SMILES string of the molecule is O=C1NCOC1N=C(c1ccccc1)c1ccccc1. The highest BCUT2D eigenvalue weighted by molar-refractivity contribution is 6.13. The molecule has 1 N–H and O–H groups in total. The standard InChI is InChI=1S/C16H14N2O2/c19-15-16(20-11-17-15)18-14(12-7-3-1-4-8-12)13-9-5-2-6-10-13/h1-10,16H,11H2,(H,17,19). The monoisotopic (exact) mass is 266 g/mol. The van der Waals surface area contributed by atoms with Gasteiger partial charge in [0.25, 0.3) is 5.91 Å². The molecule has 1 amide bonds. The third kappa shape index (κ3) is 2.60. The fourth-order valence-electron chi connectivity index (χ4n) is 2.08. The second kappa shape index (κ2) is 5.67. The largest absolute Gasteiger partial charge is 0.329 e. The summed E-state index contributed by atoms with van der Waals surface area (Å²) in [5, 5.41) is 2.61. The second-order valence-corrected chi connectivity index (χ2v) is 4.41. The highest BCUT2D eigenvalue weighted by Crippen LogP contribution is 2.13. The van der Waals surface area contributed by atoms with Gasteiger partial charge in [-0.15, -0.1) is 0 Å². The lowest BCUT2D eigenvalue weighted by atomic mass is 10.0. The number of ether oxygens (including phenoxy) is 1. The summed E-state index contributed by atoms with van der Waals surface area (Å²) < 4.78 is 5.29. The number of carbonyl (C=O) groups is 1. The number of hydrogen-bond donors (Lipinski definition) is 1. The van der Waals surface area contributed by atoms with Crippen molar-refractivity contribution in [3.8, 4) is 0 Å². The molecule has 0 aliphatic carbocycles. The molecule has 0 spiro atoms. The average molecular weight is 266 g/mol. The molecular weight excluding hydrogens is 252 g/mol. The molecule has 2 aromatic carbocycles. The van der Waals surface area contributed by atoms with Crippen LogP contribution in [0.25, 0.3) is 0 Å². The van der Waals surface area contributed by atoms with E-state index in [0.29, 0.717) is 0 Å². The molecule has 0 bridgehead atoms. The third-order valence-electron chi connectivity index (χ3n) is 3.05. The molecule has 4 nitrogen and oxygen atoms in total. The Hall–Kier alpha value is -2.46. The summed E-state index contributed by atoms with van der Waals surface area (Å²) >= 11 is 0. The molecule has 0 radical (unpaired) electrons. The van der Waals surface area contributed by atoms with Gasteiger partial charge in [-0.1, -0.05) is 60.7 Å². The Morgan fingerprint density at radius 2 is 1.55 bits per heavy atom. The van der Waals surface area contributed by atoms with Gasteiger partial charge >= 0.3 is 0 Å². The van der Waals surface area contributed by atoms with Crippen LogP contribution in [-0.2, 0) is 9.53 Å². The zero-order valence-corrected chi connectivity index (χ0v) is 10.8. The summed E-state index contributed by atoms with van der Waals surface area (Å²) in [6, 6.07) is 19.6. The first-order valence-corrected chi connectivity index (χ1v) is 6.42. The summed E-state index contributed by atoms with van der Waals surface area (Å²) in [6.45, 7) is 0.212. The van der Waals surface area contributed by atoms with Gasteiger partial charge in [-0.25, -0.2) is 4.99 Å². The van der Waals surface area contributed by atoms with E-state index in [1.807, 2.05) is 60.7 Å². The maximum atomic E-state index is 11.6. The van der Waals surface area contributed by atoms with E-state index in [1.165, 1.54) is 0 Å². The van der Waals surface area contributed by atoms with Crippen molar-refractivity contribution in [3.63, 3.8) is 0 Å². The van der Waals surface area contributed by atoms with Crippen LogP contribution < -0.4 is 5.32 Å². The van der Waals surface area contributed by atoms with Crippen LogP contribution in [0.15, 0.2) is 65.7 Å². The van der Waals surface area contributed by atoms with Crippen molar-refractivity contribution in [2.75, 3.05) is 6.73 Å². The van der Waals surface area contributed by atoms with E-state index in [9.17, 15) is 4.79 Å². The minimum Gasteiger partial charge on any atom is -0.329 e. The molecule has 1 saturated heterocycles. The Morgan fingerprint density at radius 3 is 2.00 bits per heavy atom. The van der Waals surface area contributed by atoms with E-state index in [2.05, 4.69) is 10.3 Å². The van der Waals surface area contributed by atoms with Crippen LogP contribution in [0.2, 0.25) is 0 Å². The fraction of sp³-hybridized carbons (Fsp3) is 0.125. The average Bonchev–Trinajstić information content (AvgIpc) is 2.92. The van der Waals surface area contributed by atoms with Crippen molar-refractivity contribution in [1.29, 1.82) is 0 Å². The third-order valence-corrected chi connectivity index (χ3v) is 3.05. The van der Waals surface area contributed by atoms with E-state index in [1.54, 1.807) is 0 Å². The molecule has 1 atom stereocenters. The molecule has 1 fully saturated rings. The normalized spacial score (nSPS) is 17.6. The minimum absolute atomic E-state index is 0.200. The lowest BCUT2D eigenvalue weighted by molar-refractivity contribution is -0.123. The summed E-state index contributed by atoms with van der Waals surface area (Å²) in [5.41, 5.74) is 2.68. The van der Waals surface area contributed by atoms with Crippen molar-refractivity contribution < 1.29 is 9.53 Å². The van der Waals surface area contributed by atoms with Gasteiger partial charge in [-0.05, 0) is 0 Å². The summed E-state index contributed by atoms with van der Waals surface area (Å²) in [7, 11) is 0. The lowest BCUT2D eigenvalue weighted by Gasteiger charge is -2.09. The molecule has 2 aromatic rings. The maximum Gasteiger partial charge on any atom is 0.273 e. The Labute approximate surface area is 117 Å². The number of aliphatic imine (C=N–C) groups is 1. The molecule has 4 heteroatoms. The van der Waals surface area contributed by atoms with Crippen molar-refractivity contribution in [2.24, 2.45) is 4.99 Å². The van der Waals surface area contributed by atoms with E-state index in [4.69, 9.17) is 4.74 Å². The number of amides is 1. The molecule has 1 unspecified atom stereocenters. The van der Waals surface area contributed by atoms with Crippen LogP contribution in [0, 0.1) is 0 Å². The molecule has 1 aliphatic rings. The predicted octanol–water partition coefficient (Wildman–Crippen LogP) is 1.95. The number of nitrogens with zero attached hydrogens (tertiary/aromatic N) is 1. The fourth-order valence-corrected chi connectivity index (χ4v) is 2.08. The highest BCUT2D eigenvalue weighted by Gasteiger charge is 2.25. The molecular formula is C16H14N2O2. The molecule has 1 aliphatic heterocycles. The molecule has 100 valence electrons. The second-order valence-electron chi connectivity index (χ2n) is 4.41. The van der Waals surface area contributed by atoms with E-state index < -0.39 is 6.23 Å². The van der Waals surface area contributed by atoms with Gasteiger partial charge < -0.3 is 10.1 Å². The number of nitrogens with one attached hydrogen (secondary N) is 1. The van der Waals surface area contributed by atoms with Crippen LogP contribution in [0.5, 0.6) is 0 Å². The van der Waals surface area contributed by atoms with Crippen molar-refractivity contribution >= 4 is 11.6 Å². The van der Waals surface area contributed by atoms with Crippen molar-refractivity contribution in [2.45, 2.75) is 6.23 Å². The van der Waals surface area contributed by atoms with Crippen molar-refractivity contribution in [1.82, 2.24) is 5.32 Å². The van der Waals surface area contributed by atoms with Crippen LogP contribution in [-0.4, -0.2) is 24.6 Å². The Balaban J connectivity index is 2.04. The molecule has 3 rings (SSSR count). The van der Waals surface area contributed by atoms with E-state index in [-0.39, 0.29) is 12.6 Å². The summed E-state index contributed by atoms with van der Waals surface area (Å²) in [5.74, 6) is -0.200. The zero-order chi connectivity index (χ0) is 13.8. The van der Waals surface area contributed by atoms with Gasteiger partial charge in [0.05, 0.1) is 5.71 Å².